The van der Waals surface area contributed by atoms with Crippen LogP contribution in [0.4, 0.5) is 5.69 Å². The average Bonchev–Trinajstić information content (AvgIpc) is 3.25. The normalized spacial score (nSPS) is 15.3. The van der Waals surface area contributed by atoms with E-state index in [2.05, 4.69) is 0 Å². The van der Waals surface area contributed by atoms with Crippen molar-refractivity contribution in [1.82, 2.24) is 0 Å². The van der Waals surface area contributed by atoms with E-state index in [0.717, 1.165) is 10.5 Å². The first-order valence-corrected chi connectivity index (χ1v) is 7.90. The minimum atomic E-state index is -0.392. The van der Waals surface area contributed by atoms with Crippen molar-refractivity contribution in [1.29, 1.82) is 0 Å². The van der Waals surface area contributed by atoms with Gasteiger partial charge in [0, 0.05) is 17.7 Å². The molecule has 0 radical (unpaired) electrons. The zero-order chi connectivity index (χ0) is 18.1. The Labute approximate surface area is 148 Å². The number of hydrogen-bond acceptors (Lipinski definition) is 5. The smallest absolute Gasteiger partial charge is 0.258 e. The van der Waals surface area contributed by atoms with E-state index >= 15 is 0 Å². The minimum absolute atomic E-state index is 0.189. The molecule has 6 nitrogen and oxygen atoms in total. The highest BCUT2D eigenvalue weighted by Gasteiger charge is 2.24. The van der Waals surface area contributed by atoms with Gasteiger partial charge in [-0.1, -0.05) is 12.1 Å². The molecule has 0 unspecified atom stereocenters. The highest BCUT2D eigenvalue weighted by molar-refractivity contribution is 6.28. The van der Waals surface area contributed by atoms with E-state index in [9.17, 15) is 14.4 Å². The van der Waals surface area contributed by atoms with Gasteiger partial charge in [0.25, 0.3) is 11.8 Å². The molecule has 128 valence electrons. The summed E-state index contributed by atoms with van der Waals surface area (Å²) in [4.78, 5) is 36.7. The molecule has 0 aliphatic carbocycles. The molecule has 26 heavy (non-hydrogen) atoms. The molecule has 0 saturated heterocycles. The lowest BCUT2D eigenvalue weighted by molar-refractivity contribution is -0.119. The maximum Gasteiger partial charge on any atom is 0.258 e. The van der Waals surface area contributed by atoms with Crippen LogP contribution in [-0.4, -0.2) is 24.4 Å². The van der Waals surface area contributed by atoms with Gasteiger partial charge in [0.2, 0.25) is 6.79 Å². The molecule has 0 aromatic heterocycles. The second-order valence-corrected chi connectivity index (χ2v) is 5.70. The van der Waals surface area contributed by atoms with Crippen LogP contribution in [-0.2, 0) is 9.59 Å². The Morgan fingerprint density at radius 1 is 0.923 bits per heavy atom. The van der Waals surface area contributed by atoms with Crippen molar-refractivity contribution in [3.05, 3.63) is 71.8 Å². The summed E-state index contributed by atoms with van der Waals surface area (Å²) in [6.45, 7) is 0.200. The molecule has 0 N–H and O–H groups in total. The van der Waals surface area contributed by atoms with Crippen molar-refractivity contribution in [2.75, 3.05) is 11.7 Å². The fourth-order valence-corrected chi connectivity index (χ4v) is 2.71. The topological polar surface area (TPSA) is 72.9 Å². The Hall–Kier alpha value is -3.67. The lowest BCUT2D eigenvalue weighted by atomic mass is 10.1. The zero-order valence-electron chi connectivity index (χ0n) is 13.5. The number of hydrogen-bond donors (Lipinski definition) is 0. The number of carbonyl (C=O) groups is 3. The fraction of sp³-hybridized carbons (Fsp3) is 0.0500. The third-order valence-corrected chi connectivity index (χ3v) is 4.04. The van der Waals surface area contributed by atoms with Crippen molar-refractivity contribution in [3.8, 4) is 11.5 Å². The summed E-state index contributed by atoms with van der Waals surface area (Å²) < 4.78 is 10.6. The number of rotatable bonds is 4. The van der Waals surface area contributed by atoms with Gasteiger partial charge in [-0.25, -0.2) is 4.90 Å². The fourth-order valence-electron chi connectivity index (χ4n) is 2.71. The number of carbonyl (C=O) groups excluding carboxylic acids is 3. The third-order valence-electron chi connectivity index (χ3n) is 4.04. The van der Waals surface area contributed by atoms with Crippen molar-refractivity contribution in [3.63, 3.8) is 0 Å². The van der Waals surface area contributed by atoms with Crippen LogP contribution in [0.5, 0.6) is 11.5 Å². The van der Waals surface area contributed by atoms with Crippen LogP contribution in [0.2, 0.25) is 0 Å². The molecule has 0 fully saturated rings. The Morgan fingerprint density at radius 3 is 2.35 bits per heavy atom. The van der Waals surface area contributed by atoms with Gasteiger partial charge >= 0.3 is 0 Å². The first-order chi connectivity index (χ1) is 12.6. The number of amides is 2. The molecule has 0 spiro atoms. The lowest BCUT2D eigenvalue weighted by Crippen LogP contribution is -2.29. The minimum Gasteiger partial charge on any atom is -0.454 e. The Balaban J connectivity index is 1.48. The van der Waals surface area contributed by atoms with Crippen molar-refractivity contribution in [2.45, 2.75) is 0 Å². The number of nitrogens with zero attached hydrogens (tertiary/aromatic N) is 1. The number of allylic oxidation sites excluding steroid dienone is 1. The Morgan fingerprint density at radius 2 is 1.62 bits per heavy atom. The third kappa shape index (κ3) is 2.88. The second kappa shape index (κ2) is 6.33. The Bertz CT molecular complexity index is 954. The summed E-state index contributed by atoms with van der Waals surface area (Å²) in [6.07, 6.45) is 5.58. The highest BCUT2D eigenvalue weighted by atomic mass is 16.7. The van der Waals surface area contributed by atoms with Crippen LogP contribution in [0.3, 0.4) is 0 Å². The van der Waals surface area contributed by atoms with E-state index in [0.29, 0.717) is 22.7 Å². The number of anilines is 1. The van der Waals surface area contributed by atoms with E-state index in [1.807, 2.05) is 6.07 Å². The van der Waals surface area contributed by atoms with Gasteiger partial charge in [-0.2, -0.15) is 0 Å². The number of ketones is 1. The molecule has 0 saturated carbocycles. The summed E-state index contributed by atoms with van der Waals surface area (Å²) >= 11 is 0. The van der Waals surface area contributed by atoms with Crippen molar-refractivity contribution >= 4 is 29.4 Å². The van der Waals surface area contributed by atoms with E-state index in [4.69, 9.17) is 9.47 Å². The van der Waals surface area contributed by atoms with Crippen LogP contribution < -0.4 is 14.4 Å². The molecule has 2 aliphatic heterocycles. The van der Waals surface area contributed by atoms with Crippen molar-refractivity contribution < 1.29 is 23.9 Å². The molecule has 2 heterocycles. The van der Waals surface area contributed by atoms with Crippen LogP contribution in [0.15, 0.2) is 60.7 Å². The molecular formula is C20H13NO5. The standard InChI is InChI=1S/C20H13NO5/c22-16(7-1-13-2-8-17-18(11-13)26-12-25-17)14-3-5-15(6-4-14)21-19(23)9-10-20(21)24/h1-11H,12H2/b7-1+. The van der Waals surface area contributed by atoms with Crippen LogP contribution >= 0.6 is 0 Å². The maximum atomic E-state index is 12.3. The summed E-state index contributed by atoms with van der Waals surface area (Å²) in [5.41, 5.74) is 1.71. The predicted molar refractivity (Wildman–Crippen MR) is 94.0 cm³/mol. The van der Waals surface area contributed by atoms with Crippen molar-refractivity contribution in [2.24, 2.45) is 0 Å². The molecular weight excluding hydrogens is 334 g/mol. The molecule has 2 aliphatic rings. The molecule has 0 bridgehead atoms. The second-order valence-electron chi connectivity index (χ2n) is 5.70. The average molecular weight is 347 g/mol. The number of benzene rings is 2. The highest BCUT2D eigenvalue weighted by Crippen LogP contribution is 2.32. The largest absolute Gasteiger partial charge is 0.454 e. The van der Waals surface area contributed by atoms with Gasteiger partial charge in [-0.3, -0.25) is 14.4 Å². The van der Waals surface area contributed by atoms with E-state index < -0.39 is 11.8 Å². The molecule has 2 aromatic rings. The Kier molecular flexibility index (Phi) is 3.85. The molecule has 4 rings (SSSR count). The van der Waals surface area contributed by atoms with E-state index in [-0.39, 0.29) is 12.6 Å². The van der Waals surface area contributed by atoms with Gasteiger partial charge in [0.05, 0.1) is 5.69 Å². The summed E-state index contributed by atoms with van der Waals surface area (Å²) in [5, 5.41) is 0. The SMILES string of the molecule is O=C(/C=C/c1ccc2c(c1)OCO2)c1ccc(N2C(=O)C=CC2=O)cc1. The van der Waals surface area contributed by atoms with Crippen LogP contribution in [0, 0.1) is 0 Å². The number of ether oxygens (including phenoxy) is 2. The molecule has 0 atom stereocenters. The van der Waals surface area contributed by atoms with Gasteiger partial charge in [0.15, 0.2) is 17.3 Å². The van der Waals surface area contributed by atoms with Crippen LogP contribution in [0.1, 0.15) is 15.9 Å². The van der Waals surface area contributed by atoms with Gasteiger partial charge < -0.3 is 9.47 Å². The van der Waals surface area contributed by atoms with Gasteiger partial charge in [0.1, 0.15) is 0 Å². The zero-order valence-corrected chi connectivity index (χ0v) is 13.5. The van der Waals surface area contributed by atoms with Gasteiger partial charge in [-0.05, 0) is 48.0 Å². The predicted octanol–water partition coefficient (Wildman–Crippen LogP) is 2.74. The number of imide groups is 1. The summed E-state index contributed by atoms with van der Waals surface area (Å²) in [6, 6.07) is 11.7. The first kappa shape index (κ1) is 15.8. The maximum absolute atomic E-state index is 12.3. The summed E-state index contributed by atoms with van der Waals surface area (Å²) in [7, 11) is 0. The molecule has 6 heteroatoms. The van der Waals surface area contributed by atoms with E-state index in [1.165, 1.54) is 18.2 Å². The van der Waals surface area contributed by atoms with Crippen LogP contribution in [0.25, 0.3) is 6.08 Å². The quantitative estimate of drug-likeness (QED) is 0.483. The van der Waals surface area contributed by atoms with E-state index in [1.54, 1.807) is 42.5 Å². The number of fused-ring (bicyclic) bond motifs is 1. The molecule has 2 aromatic carbocycles. The lowest BCUT2D eigenvalue weighted by Gasteiger charge is -2.13. The molecule has 2 amide bonds. The van der Waals surface area contributed by atoms with Gasteiger partial charge in [-0.15, -0.1) is 0 Å². The first-order valence-electron chi connectivity index (χ1n) is 7.90. The monoisotopic (exact) mass is 347 g/mol. The summed E-state index contributed by atoms with van der Waals surface area (Å²) in [5.74, 6) is 0.363.